The SMILES string of the molecule is CN=C(NC1CCN(c2ccccn2)CC1)NC1CC1c1ccc(C(C)C)cc1.I. The maximum absolute atomic E-state index is 4.47. The third kappa shape index (κ3) is 5.65. The highest BCUT2D eigenvalue weighted by Gasteiger charge is 2.39. The molecule has 0 amide bonds. The van der Waals surface area contributed by atoms with Crippen LogP contribution in [0.2, 0.25) is 0 Å². The van der Waals surface area contributed by atoms with Crippen LogP contribution in [0.1, 0.15) is 56.1 Å². The second kappa shape index (κ2) is 10.5. The first-order valence-corrected chi connectivity index (χ1v) is 10.9. The summed E-state index contributed by atoms with van der Waals surface area (Å²) in [5.41, 5.74) is 2.85. The maximum Gasteiger partial charge on any atom is 0.191 e. The van der Waals surface area contributed by atoms with Gasteiger partial charge in [0, 0.05) is 44.3 Å². The van der Waals surface area contributed by atoms with E-state index in [1.54, 1.807) is 0 Å². The number of hydrogen-bond donors (Lipinski definition) is 2. The van der Waals surface area contributed by atoms with E-state index in [9.17, 15) is 0 Å². The lowest BCUT2D eigenvalue weighted by Crippen LogP contribution is -2.49. The Morgan fingerprint density at radius 1 is 1.07 bits per heavy atom. The first-order valence-electron chi connectivity index (χ1n) is 10.9. The summed E-state index contributed by atoms with van der Waals surface area (Å²) in [5, 5.41) is 7.27. The lowest BCUT2D eigenvalue weighted by molar-refractivity contribution is 0.459. The van der Waals surface area contributed by atoms with Crippen molar-refractivity contribution in [3.8, 4) is 0 Å². The Hall–Kier alpha value is -1.83. The van der Waals surface area contributed by atoms with Gasteiger partial charge in [-0.2, -0.15) is 0 Å². The van der Waals surface area contributed by atoms with Crippen molar-refractivity contribution in [1.82, 2.24) is 15.6 Å². The third-order valence-electron chi connectivity index (χ3n) is 6.18. The van der Waals surface area contributed by atoms with Crippen molar-refractivity contribution >= 4 is 35.8 Å². The van der Waals surface area contributed by atoms with E-state index >= 15 is 0 Å². The standard InChI is InChI=1S/C24H33N5.HI/c1-17(2)18-7-9-19(10-8-18)21-16-22(21)28-24(25-3)27-20-11-14-29(15-12-20)23-6-4-5-13-26-23;/h4-10,13,17,20-22H,11-12,14-16H2,1-3H3,(H2,25,27,28);1H. The Labute approximate surface area is 197 Å². The second-order valence-corrected chi connectivity index (χ2v) is 8.58. The van der Waals surface area contributed by atoms with Crippen LogP contribution in [-0.4, -0.2) is 43.2 Å². The summed E-state index contributed by atoms with van der Waals surface area (Å²) in [7, 11) is 1.87. The summed E-state index contributed by atoms with van der Waals surface area (Å²) in [5.74, 6) is 3.20. The fourth-order valence-electron chi connectivity index (χ4n) is 4.18. The van der Waals surface area contributed by atoms with Gasteiger partial charge in [-0.1, -0.05) is 44.2 Å². The minimum atomic E-state index is 0. The molecular formula is C24H34IN5. The van der Waals surface area contributed by atoms with Gasteiger partial charge in [0.15, 0.2) is 5.96 Å². The monoisotopic (exact) mass is 519 g/mol. The zero-order valence-corrected chi connectivity index (χ0v) is 20.5. The molecule has 0 radical (unpaired) electrons. The minimum absolute atomic E-state index is 0. The number of rotatable bonds is 5. The van der Waals surface area contributed by atoms with Crippen LogP contribution in [0.15, 0.2) is 53.7 Å². The first-order chi connectivity index (χ1) is 14.1. The molecule has 1 aliphatic carbocycles. The summed E-state index contributed by atoms with van der Waals surface area (Å²) >= 11 is 0. The molecule has 2 atom stereocenters. The summed E-state index contributed by atoms with van der Waals surface area (Å²) in [6.45, 7) is 6.54. The molecule has 2 unspecified atom stereocenters. The van der Waals surface area contributed by atoms with E-state index in [2.05, 4.69) is 75.8 Å². The van der Waals surface area contributed by atoms with Crippen LogP contribution >= 0.6 is 24.0 Å². The highest BCUT2D eigenvalue weighted by Crippen LogP contribution is 2.41. The fraction of sp³-hybridized carbons (Fsp3) is 0.500. The summed E-state index contributed by atoms with van der Waals surface area (Å²) in [6.07, 6.45) is 5.25. The zero-order chi connectivity index (χ0) is 20.2. The van der Waals surface area contributed by atoms with Gasteiger partial charge in [0.2, 0.25) is 0 Å². The molecule has 0 spiro atoms. The van der Waals surface area contributed by atoms with Gasteiger partial charge in [0.05, 0.1) is 0 Å². The molecule has 2 heterocycles. The molecule has 1 aliphatic heterocycles. The molecule has 1 aromatic carbocycles. The third-order valence-corrected chi connectivity index (χ3v) is 6.18. The Morgan fingerprint density at radius 3 is 2.40 bits per heavy atom. The number of aliphatic imine (C=N–C) groups is 1. The molecule has 4 rings (SSSR count). The van der Waals surface area contributed by atoms with Gasteiger partial charge < -0.3 is 15.5 Å². The minimum Gasteiger partial charge on any atom is -0.356 e. The summed E-state index contributed by atoms with van der Waals surface area (Å²) in [4.78, 5) is 11.3. The van der Waals surface area contributed by atoms with Crippen molar-refractivity contribution in [2.24, 2.45) is 4.99 Å². The average molecular weight is 519 g/mol. The molecule has 162 valence electrons. The smallest absolute Gasteiger partial charge is 0.191 e. The molecule has 1 saturated carbocycles. The van der Waals surface area contributed by atoms with Crippen molar-refractivity contribution in [2.45, 2.75) is 57.0 Å². The van der Waals surface area contributed by atoms with Gasteiger partial charge in [-0.3, -0.25) is 4.99 Å². The number of nitrogens with one attached hydrogen (secondary N) is 2. The Bertz CT molecular complexity index is 813. The quantitative estimate of drug-likeness (QED) is 0.347. The predicted octanol–water partition coefficient (Wildman–Crippen LogP) is 4.51. The summed E-state index contributed by atoms with van der Waals surface area (Å²) in [6, 6.07) is 16.2. The fourth-order valence-corrected chi connectivity index (χ4v) is 4.18. The Balaban J connectivity index is 0.00000256. The number of benzene rings is 1. The Kier molecular flexibility index (Phi) is 7.97. The highest BCUT2D eigenvalue weighted by molar-refractivity contribution is 14.0. The van der Waals surface area contributed by atoms with Crippen molar-refractivity contribution < 1.29 is 0 Å². The normalized spacial score (nSPS) is 21.9. The van der Waals surface area contributed by atoms with Crippen LogP contribution in [0.5, 0.6) is 0 Å². The van der Waals surface area contributed by atoms with E-state index in [-0.39, 0.29) is 24.0 Å². The topological polar surface area (TPSA) is 52.6 Å². The molecule has 2 fully saturated rings. The highest BCUT2D eigenvalue weighted by atomic mass is 127. The largest absolute Gasteiger partial charge is 0.356 e. The lowest BCUT2D eigenvalue weighted by atomic mass is 10.0. The van der Waals surface area contributed by atoms with Crippen molar-refractivity contribution in [1.29, 1.82) is 0 Å². The van der Waals surface area contributed by atoms with Gasteiger partial charge in [-0.25, -0.2) is 4.98 Å². The van der Waals surface area contributed by atoms with Gasteiger partial charge in [-0.15, -0.1) is 24.0 Å². The van der Waals surface area contributed by atoms with Crippen molar-refractivity contribution in [2.75, 3.05) is 25.0 Å². The lowest BCUT2D eigenvalue weighted by Gasteiger charge is -2.33. The molecule has 2 aromatic rings. The number of aromatic nitrogens is 1. The van der Waals surface area contributed by atoms with Gasteiger partial charge >= 0.3 is 0 Å². The van der Waals surface area contributed by atoms with E-state index < -0.39 is 0 Å². The van der Waals surface area contributed by atoms with E-state index in [4.69, 9.17) is 0 Å². The van der Waals surface area contributed by atoms with Gasteiger partial charge in [-0.05, 0) is 48.4 Å². The number of halogens is 1. The molecule has 1 aromatic heterocycles. The molecule has 5 nitrogen and oxygen atoms in total. The number of piperidine rings is 1. The van der Waals surface area contributed by atoms with Crippen LogP contribution in [-0.2, 0) is 0 Å². The number of anilines is 1. The molecule has 1 saturated heterocycles. The van der Waals surface area contributed by atoms with Crippen molar-refractivity contribution in [3.63, 3.8) is 0 Å². The maximum atomic E-state index is 4.47. The van der Waals surface area contributed by atoms with Crippen LogP contribution in [0.3, 0.4) is 0 Å². The van der Waals surface area contributed by atoms with Crippen LogP contribution < -0.4 is 15.5 Å². The molecule has 2 N–H and O–H groups in total. The molecule has 30 heavy (non-hydrogen) atoms. The van der Waals surface area contributed by atoms with Gasteiger partial charge in [0.25, 0.3) is 0 Å². The molecule has 2 aliphatic rings. The number of guanidine groups is 1. The number of pyridine rings is 1. The van der Waals surface area contributed by atoms with Crippen LogP contribution in [0, 0.1) is 0 Å². The van der Waals surface area contributed by atoms with Crippen molar-refractivity contribution in [3.05, 3.63) is 59.8 Å². The van der Waals surface area contributed by atoms with E-state index in [1.807, 2.05) is 19.3 Å². The molecular weight excluding hydrogens is 485 g/mol. The van der Waals surface area contributed by atoms with E-state index in [1.165, 1.54) is 17.5 Å². The number of hydrogen-bond acceptors (Lipinski definition) is 3. The van der Waals surface area contributed by atoms with Gasteiger partial charge in [0.1, 0.15) is 5.82 Å². The summed E-state index contributed by atoms with van der Waals surface area (Å²) < 4.78 is 0. The molecule has 6 heteroatoms. The average Bonchev–Trinajstić information content (AvgIpc) is 3.53. The first kappa shape index (κ1) is 22.8. The predicted molar refractivity (Wildman–Crippen MR) is 136 cm³/mol. The van der Waals surface area contributed by atoms with Crippen LogP contribution in [0.25, 0.3) is 0 Å². The molecule has 0 bridgehead atoms. The second-order valence-electron chi connectivity index (χ2n) is 8.58. The van der Waals surface area contributed by atoms with E-state index in [0.717, 1.165) is 37.7 Å². The van der Waals surface area contributed by atoms with Crippen LogP contribution in [0.4, 0.5) is 5.82 Å². The van der Waals surface area contributed by atoms with E-state index in [0.29, 0.717) is 23.9 Å². The number of nitrogens with zero attached hydrogens (tertiary/aromatic N) is 3. The Morgan fingerprint density at radius 2 is 1.80 bits per heavy atom. The zero-order valence-electron chi connectivity index (χ0n) is 18.2.